The molecule has 2 aromatic carbocycles. The van der Waals surface area contributed by atoms with Gasteiger partial charge < -0.3 is 0 Å². The van der Waals surface area contributed by atoms with Crippen LogP contribution < -0.4 is 5.56 Å². The van der Waals surface area contributed by atoms with Gasteiger partial charge in [0.25, 0.3) is 5.56 Å². The maximum absolute atomic E-state index is 12.8. The number of carbonyl (C=O) groups excluding carboxylic acids is 1. The van der Waals surface area contributed by atoms with Gasteiger partial charge in [-0.25, -0.2) is 4.98 Å². The van der Waals surface area contributed by atoms with Gasteiger partial charge in [-0.05, 0) is 30.3 Å². The van der Waals surface area contributed by atoms with Crippen molar-refractivity contribution in [3.63, 3.8) is 0 Å². The number of aromatic nitrogens is 2. The van der Waals surface area contributed by atoms with E-state index in [4.69, 9.17) is 34.8 Å². The molecule has 0 unspecified atom stereocenters. The molecule has 22 heavy (non-hydrogen) atoms. The van der Waals surface area contributed by atoms with Crippen LogP contribution in [0, 0.1) is 0 Å². The lowest BCUT2D eigenvalue weighted by Gasteiger charge is -2.07. The summed E-state index contributed by atoms with van der Waals surface area (Å²) in [5.41, 5.74) is 0.689. The minimum absolute atomic E-state index is 0.0492. The SMILES string of the molecule is O=C1c2cc(Cl)ccc2-n2c1nc1ccc(Cl)c(Cl)c1c2=O. The highest BCUT2D eigenvalue weighted by Gasteiger charge is 2.31. The smallest absolute Gasteiger partial charge is 0.267 e. The van der Waals surface area contributed by atoms with E-state index in [0.29, 0.717) is 21.8 Å². The first-order valence-corrected chi connectivity index (χ1v) is 7.38. The van der Waals surface area contributed by atoms with E-state index in [-0.39, 0.29) is 27.0 Å². The van der Waals surface area contributed by atoms with E-state index in [1.807, 2.05) is 0 Å². The molecule has 1 aliphatic rings. The molecule has 7 heteroatoms. The van der Waals surface area contributed by atoms with E-state index >= 15 is 0 Å². The van der Waals surface area contributed by atoms with Crippen LogP contribution in [-0.4, -0.2) is 15.3 Å². The van der Waals surface area contributed by atoms with Gasteiger partial charge in [-0.15, -0.1) is 0 Å². The van der Waals surface area contributed by atoms with Gasteiger partial charge in [-0.3, -0.25) is 14.2 Å². The van der Waals surface area contributed by atoms with Crippen molar-refractivity contribution in [2.45, 2.75) is 0 Å². The number of carbonyl (C=O) groups is 1. The predicted molar refractivity (Wildman–Crippen MR) is 85.8 cm³/mol. The lowest BCUT2D eigenvalue weighted by atomic mass is 10.1. The lowest BCUT2D eigenvalue weighted by molar-refractivity contribution is 0.103. The number of hydrogen-bond acceptors (Lipinski definition) is 3. The van der Waals surface area contributed by atoms with Gasteiger partial charge in [0.05, 0.1) is 32.2 Å². The zero-order chi connectivity index (χ0) is 15.6. The third-order valence-corrected chi connectivity index (χ3v) is 4.61. The Balaban J connectivity index is 2.21. The van der Waals surface area contributed by atoms with E-state index in [9.17, 15) is 9.59 Å². The monoisotopic (exact) mass is 350 g/mol. The molecule has 108 valence electrons. The molecule has 0 fully saturated rings. The van der Waals surface area contributed by atoms with Gasteiger partial charge in [-0.1, -0.05) is 34.8 Å². The Morgan fingerprint density at radius 2 is 1.77 bits per heavy atom. The highest BCUT2D eigenvalue weighted by atomic mass is 35.5. The van der Waals surface area contributed by atoms with Crippen molar-refractivity contribution in [3.05, 3.63) is 67.1 Å². The van der Waals surface area contributed by atoms with Crippen LogP contribution in [0.3, 0.4) is 0 Å². The van der Waals surface area contributed by atoms with Crippen molar-refractivity contribution in [3.8, 4) is 5.69 Å². The van der Waals surface area contributed by atoms with Gasteiger partial charge in [0, 0.05) is 5.02 Å². The molecule has 0 radical (unpaired) electrons. The van der Waals surface area contributed by atoms with Crippen LogP contribution in [0.25, 0.3) is 16.6 Å². The van der Waals surface area contributed by atoms with E-state index in [1.54, 1.807) is 24.3 Å². The molecule has 0 bridgehead atoms. The third-order valence-electron chi connectivity index (χ3n) is 3.58. The standard InChI is InChI=1S/C15H5Cl3N2O2/c16-6-1-4-10-7(5-6)13(21)14-19-9-3-2-8(17)12(18)11(9)15(22)20(10)14/h1-5H. The van der Waals surface area contributed by atoms with E-state index < -0.39 is 5.56 Å². The summed E-state index contributed by atoms with van der Waals surface area (Å²) in [7, 11) is 0. The maximum atomic E-state index is 12.8. The molecular weight excluding hydrogens is 347 g/mol. The summed E-state index contributed by atoms with van der Waals surface area (Å²) < 4.78 is 1.25. The van der Waals surface area contributed by atoms with Crippen LogP contribution in [0.1, 0.15) is 16.2 Å². The van der Waals surface area contributed by atoms with Crippen LogP contribution >= 0.6 is 34.8 Å². The van der Waals surface area contributed by atoms with Crippen LogP contribution in [0.4, 0.5) is 0 Å². The predicted octanol–water partition coefficient (Wildman–Crippen LogP) is 3.89. The van der Waals surface area contributed by atoms with Gasteiger partial charge in [0.15, 0.2) is 5.82 Å². The summed E-state index contributed by atoms with van der Waals surface area (Å²) in [6.45, 7) is 0. The lowest BCUT2D eigenvalue weighted by Crippen LogP contribution is -2.21. The van der Waals surface area contributed by atoms with Gasteiger partial charge in [0.2, 0.25) is 5.78 Å². The number of halogens is 3. The summed E-state index contributed by atoms with van der Waals surface area (Å²) in [6, 6.07) is 7.85. The first-order chi connectivity index (χ1) is 10.5. The van der Waals surface area contributed by atoms with E-state index in [2.05, 4.69) is 4.98 Å². The van der Waals surface area contributed by atoms with Crippen molar-refractivity contribution in [2.24, 2.45) is 0 Å². The fraction of sp³-hybridized carbons (Fsp3) is 0. The second kappa shape index (κ2) is 4.56. The Hall–Kier alpha value is -1.88. The minimum atomic E-state index is -0.429. The topological polar surface area (TPSA) is 52.0 Å². The first kappa shape index (κ1) is 13.8. The number of rotatable bonds is 0. The molecule has 4 nitrogen and oxygen atoms in total. The molecule has 1 aromatic heterocycles. The molecule has 0 saturated carbocycles. The number of benzene rings is 2. The van der Waals surface area contributed by atoms with Crippen LogP contribution in [0.5, 0.6) is 0 Å². The average molecular weight is 352 g/mol. The summed E-state index contributed by atoms with van der Waals surface area (Å²) in [6.07, 6.45) is 0. The van der Waals surface area contributed by atoms with Crippen LogP contribution in [0.2, 0.25) is 15.1 Å². The molecule has 0 saturated heterocycles. The quantitative estimate of drug-likeness (QED) is 0.483. The third kappa shape index (κ3) is 1.69. The van der Waals surface area contributed by atoms with Crippen molar-refractivity contribution in [1.82, 2.24) is 9.55 Å². The van der Waals surface area contributed by atoms with Crippen molar-refractivity contribution in [2.75, 3.05) is 0 Å². The van der Waals surface area contributed by atoms with Crippen molar-refractivity contribution < 1.29 is 4.79 Å². The fourth-order valence-corrected chi connectivity index (χ4v) is 3.16. The van der Waals surface area contributed by atoms with Gasteiger partial charge >= 0.3 is 0 Å². The Labute approximate surface area is 138 Å². The first-order valence-electron chi connectivity index (χ1n) is 6.24. The highest BCUT2D eigenvalue weighted by Crippen LogP contribution is 2.32. The number of fused-ring (bicyclic) bond motifs is 4. The Kier molecular flexibility index (Phi) is 2.85. The van der Waals surface area contributed by atoms with Crippen molar-refractivity contribution in [1.29, 1.82) is 0 Å². The van der Waals surface area contributed by atoms with Crippen LogP contribution in [0.15, 0.2) is 35.1 Å². The minimum Gasteiger partial charge on any atom is -0.285 e. The number of hydrogen-bond donors (Lipinski definition) is 0. The summed E-state index contributed by atoms with van der Waals surface area (Å²) in [5, 5.41) is 0.989. The maximum Gasteiger partial charge on any atom is 0.267 e. The van der Waals surface area contributed by atoms with Gasteiger partial charge in [0.1, 0.15) is 0 Å². The molecular formula is C15H5Cl3N2O2. The normalized spacial score (nSPS) is 12.6. The Morgan fingerprint density at radius 3 is 2.55 bits per heavy atom. The molecule has 0 atom stereocenters. The Morgan fingerprint density at radius 1 is 1.00 bits per heavy atom. The summed E-state index contributed by atoms with van der Waals surface area (Å²) >= 11 is 18.0. The molecule has 2 heterocycles. The molecule has 0 amide bonds. The van der Waals surface area contributed by atoms with E-state index in [1.165, 1.54) is 10.6 Å². The molecule has 1 aliphatic heterocycles. The van der Waals surface area contributed by atoms with Crippen molar-refractivity contribution >= 4 is 51.5 Å². The van der Waals surface area contributed by atoms with E-state index in [0.717, 1.165) is 0 Å². The molecule has 0 N–H and O–H groups in total. The molecule has 0 spiro atoms. The molecule has 3 aromatic rings. The summed E-state index contributed by atoms with van der Waals surface area (Å²) in [4.78, 5) is 29.5. The molecule has 0 aliphatic carbocycles. The zero-order valence-electron chi connectivity index (χ0n) is 10.7. The fourth-order valence-electron chi connectivity index (χ4n) is 2.59. The zero-order valence-corrected chi connectivity index (χ0v) is 13.0. The highest BCUT2D eigenvalue weighted by molar-refractivity contribution is 6.45. The molecule has 4 rings (SSSR count). The second-order valence-electron chi connectivity index (χ2n) is 4.82. The van der Waals surface area contributed by atoms with Crippen LogP contribution in [-0.2, 0) is 0 Å². The Bertz CT molecular complexity index is 1060. The largest absolute Gasteiger partial charge is 0.285 e. The van der Waals surface area contributed by atoms with Gasteiger partial charge in [-0.2, -0.15) is 0 Å². The number of ketones is 1. The average Bonchev–Trinajstić information content (AvgIpc) is 2.76. The second-order valence-corrected chi connectivity index (χ2v) is 6.04. The number of nitrogens with zero attached hydrogens (tertiary/aromatic N) is 2. The summed E-state index contributed by atoms with van der Waals surface area (Å²) in [5.74, 6) is -0.296.